The lowest BCUT2D eigenvalue weighted by atomic mass is 10.1. The number of aryl methyl sites for hydroxylation is 1. The molecule has 2 N–H and O–H groups in total. The summed E-state index contributed by atoms with van der Waals surface area (Å²) >= 11 is 0. The quantitative estimate of drug-likeness (QED) is 0.610. The molecule has 3 heteroatoms. The Kier molecular flexibility index (Phi) is 3.44. The molecule has 0 aliphatic carbocycles. The molecule has 1 aliphatic rings. The number of likely N-dealkylation sites (tertiary alicyclic amines) is 1. The van der Waals surface area contributed by atoms with Crippen molar-refractivity contribution in [3.63, 3.8) is 0 Å². The van der Waals surface area contributed by atoms with E-state index < -0.39 is 0 Å². The Labute approximate surface area is 97.0 Å². The van der Waals surface area contributed by atoms with Crippen molar-refractivity contribution >= 4 is 11.6 Å². The van der Waals surface area contributed by atoms with E-state index in [2.05, 4.69) is 22.9 Å². The van der Waals surface area contributed by atoms with Gasteiger partial charge in [-0.15, -0.1) is 0 Å². The first-order chi connectivity index (χ1) is 7.81. The first kappa shape index (κ1) is 11.0. The molecule has 0 atom stereocenters. The Morgan fingerprint density at radius 2 is 2.00 bits per heavy atom. The summed E-state index contributed by atoms with van der Waals surface area (Å²) < 4.78 is 0. The number of benzene rings is 1. The van der Waals surface area contributed by atoms with Gasteiger partial charge >= 0.3 is 0 Å². The van der Waals surface area contributed by atoms with Gasteiger partial charge in [0.15, 0.2) is 5.96 Å². The lowest BCUT2D eigenvalue weighted by Gasteiger charge is -2.16. The van der Waals surface area contributed by atoms with Crippen LogP contribution in [-0.2, 0) is 6.42 Å². The van der Waals surface area contributed by atoms with Crippen LogP contribution in [0.2, 0.25) is 0 Å². The minimum Gasteiger partial charge on any atom is -0.369 e. The minimum absolute atomic E-state index is 0.665. The van der Waals surface area contributed by atoms with E-state index in [9.17, 15) is 0 Å². The van der Waals surface area contributed by atoms with E-state index in [0.717, 1.165) is 25.2 Å². The summed E-state index contributed by atoms with van der Waals surface area (Å²) in [5.74, 6) is 0.665. The van der Waals surface area contributed by atoms with E-state index in [-0.39, 0.29) is 0 Å². The van der Waals surface area contributed by atoms with Gasteiger partial charge in [-0.2, -0.15) is 0 Å². The third kappa shape index (κ3) is 2.35. The Morgan fingerprint density at radius 1 is 1.31 bits per heavy atom. The predicted octanol–water partition coefficient (Wildman–Crippen LogP) is 2.29. The normalized spacial score (nSPS) is 16.8. The van der Waals surface area contributed by atoms with E-state index in [0.29, 0.717) is 5.96 Å². The van der Waals surface area contributed by atoms with Gasteiger partial charge in [-0.05, 0) is 30.9 Å². The molecule has 0 unspecified atom stereocenters. The molecule has 2 rings (SSSR count). The van der Waals surface area contributed by atoms with Gasteiger partial charge in [0.05, 0.1) is 5.69 Å². The highest BCUT2D eigenvalue weighted by atomic mass is 15.3. The topological polar surface area (TPSA) is 41.6 Å². The van der Waals surface area contributed by atoms with E-state index in [1.54, 1.807) is 0 Å². The zero-order valence-electron chi connectivity index (χ0n) is 9.82. The monoisotopic (exact) mass is 217 g/mol. The summed E-state index contributed by atoms with van der Waals surface area (Å²) in [6.07, 6.45) is 3.45. The molecule has 3 nitrogen and oxygen atoms in total. The number of hydrogen-bond acceptors (Lipinski definition) is 1. The van der Waals surface area contributed by atoms with E-state index >= 15 is 0 Å². The summed E-state index contributed by atoms with van der Waals surface area (Å²) in [5.41, 5.74) is 8.27. The summed E-state index contributed by atoms with van der Waals surface area (Å²) in [6.45, 7) is 4.23. The average molecular weight is 217 g/mol. The highest BCUT2D eigenvalue weighted by Gasteiger charge is 2.13. The standard InChI is InChI=1S/C13H19N3/c1-2-11-7-3-4-8-12(11)15-13(14)16-9-5-6-10-16/h3-4,7-8H,2,5-6,9-10H2,1H3,(H2,14,15). The predicted molar refractivity (Wildman–Crippen MR) is 67.9 cm³/mol. The van der Waals surface area contributed by atoms with Crippen LogP contribution in [-0.4, -0.2) is 23.9 Å². The number of guanidine groups is 1. The highest BCUT2D eigenvalue weighted by molar-refractivity contribution is 5.81. The summed E-state index contributed by atoms with van der Waals surface area (Å²) in [6, 6.07) is 8.19. The first-order valence-electron chi connectivity index (χ1n) is 5.98. The Hall–Kier alpha value is -1.51. The van der Waals surface area contributed by atoms with Crippen LogP contribution in [0.1, 0.15) is 25.3 Å². The van der Waals surface area contributed by atoms with Crippen molar-refractivity contribution in [2.45, 2.75) is 26.2 Å². The van der Waals surface area contributed by atoms with Crippen molar-refractivity contribution in [2.75, 3.05) is 13.1 Å². The van der Waals surface area contributed by atoms with Crippen molar-refractivity contribution in [3.8, 4) is 0 Å². The molecule has 1 saturated heterocycles. The van der Waals surface area contributed by atoms with Crippen molar-refractivity contribution in [3.05, 3.63) is 29.8 Å². The largest absolute Gasteiger partial charge is 0.369 e. The molecule has 1 heterocycles. The number of hydrogen-bond donors (Lipinski definition) is 1. The van der Waals surface area contributed by atoms with Crippen molar-refractivity contribution in [2.24, 2.45) is 10.7 Å². The fraction of sp³-hybridized carbons (Fsp3) is 0.462. The van der Waals surface area contributed by atoms with Crippen LogP contribution in [0.3, 0.4) is 0 Å². The van der Waals surface area contributed by atoms with Crippen LogP contribution in [0.4, 0.5) is 5.69 Å². The highest BCUT2D eigenvalue weighted by Crippen LogP contribution is 2.19. The molecule has 0 amide bonds. The lowest BCUT2D eigenvalue weighted by Crippen LogP contribution is -2.34. The fourth-order valence-electron chi connectivity index (χ4n) is 2.06. The SMILES string of the molecule is CCc1ccccc1N=C(N)N1CCCC1. The lowest BCUT2D eigenvalue weighted by molar-refractivity contribution is 0.513. The van der Waals surface area contributed by atoms with Gasteiger partial charge in [-0.25, -0.2) is 4.99 Å². The summed E-state index contributed by atoms with van der Waals surface area (Å²) in [5, 5.41) is 0. The van der Waals surface area contributed by atoms with E-state index in [4.69, 9.17) is 5.73 Å². The summed E-state index contributed by atoms with van der Waals surface area (Å²) in [7, 11) is 0. The van der Waals surface area contributed by atoms with Crippen LogP contribution in [0.5, 0.6) is 0 Å². The molecule has 86 valence electrons. The fourth-order valence-corrected chi connectivity index (χ4v) is 2.06. The molecule has 0 radical (unpaired) electrons. The van der Waals surface area contributed by atoms with Gasteiger partial charge in [-0.3, -0.25) is 0 Å². The number of rotatable bonds is 2. The summed E-state index contributed by atoms with van der Waals surface area (Å²) in [4.78, 5) is 6.69. The Bertz CT molecular complexity index is 379. The first-order valence-corrected chi connectivity index (χ1v) is 5.98. The van der Waals surface area contributed by atoms with Crippen molar-refractivity contribution in [1.82, 2.24) is 4.90 Å². The molecule has 0 bridgehead atoms. The van der Waals surface area contributed by atoms with E-state index in [1.807, 2.05) is 18.2 Å². The van der Waals surface area contributed by atoms with Gasteiger partial charge < -0.3 is 10.6 Å². The molecular formula is C13H19N3. The van der Waals surface area contributed by atoms with Gasteiger partial charge in [0.2, 0.25) is 0 Å². The van der Waals surface area contributed by atoms with Gasteiger partial charge in [0, 0.05) is 13.1 Å². The molecule has 0 spiro atoms. The van der Waals surface area contributed by atoms with Crippen LogP contribution in [0.25, 0.3) is 0 Å². The average Bonchev–Trinajstić information content (AvgIpc) is 2.83. The second kappa shape index (κ2) is 5.01. The minimum atomic E-state index is 0.665. The molecule has 1 fully saturated rings. The third-order valence-corrected chi connectivity index (χ3v) is 3.04. The zero-order chi connectivity index (χ0) is 11.4. The van der Waals surface area contributed by atoms with Crippen LogP contribution in [0.15, 0.2) is 29.3 Å². The molecule has 1 aromatic carbocycles. The molecule has 1 aromatic rings. The van der Waals surface area contributed by atoms with Crippen LogP contribution in [0, 0.1) is 0 Å². The molecular weight excluding hydrogens is 198 g/mol. The maximum absolute atomic E-state index is 6.01. The van der Waals surface area contributed by atoms with Crippen LogP contribution < -0.4 is 5.73 Å². The second-order valence-electron chi connectivity index (χ2n) is 4.15. The zero-order valence-corrected chi connectivity index (χ0v) is 9.82. The smallest absolute Gasteiger partial charge is 0.196 e. The number of nitrogens with zero attached hydrogens (tertiary/aromatic N) is 2. The third-order valence-electron chi connectivity index (χ3n) is 3.04. The molecule has 0 saturated carbocycles. The van der Waals surface area contributed by atoms with Gasteiger partial charge in [0.25, 0.3) is 0 Å². The van der Waals surface area contributed by atoms with Gasteiger partial charge in [-0.1, -0.05) is 25.1 Å². The molecule has 16 heavy (non-hydrogen) atoms. The molecule has 0 aromatic heterocycles. The maximum Gasteiger partial charge on any atom is 0.196 e. The van der Waals surface area contributed by atoms with Gasteiger partial charge in [0.1, 0.15) is 0 Å². The number of para-hydroxylation sites is 1. The van der Waals surface area contributed by atoms with Crippen molar-refractivity contribution < 1.29 is 0 Å². The Morgan fingerprint density at radius 3 is 2.69 bits per heavy atom. The molecule has 1 aliphatic heterocycles. The van der Waals surface area contributed by atoms with Crippen LogP contribution >= 0.6 is 0 Å². The second-order valence-corrected chi connectivity index (χ2v) is 4.15. The number of nitrogens with two attached hydrogens (primary N) is 1. The number of aliphatic imine (C=N–C) groups is 1. The maximum atomic E-state index is 6.01. The van der Waals surface area contributed by atoms with Crippen molar-refractivity contribution in [1.29, 1.82) is 0 Å². The Balaban J connectivity index is 2.20. The van der Waals surface area contributed by atoms with E-state index in [1.165, 1.54) is 18.4 Å².